The summed E-state index contributed by atoms with van der Waals surface area (Å²) >= 11 is 0. The highest BCUT2D eigenvalue weighted by Crippen LogP contribution is 2.54. The Bertz CT molecular complexity index is 3320. The van der Waals surface area contributed by atoms with Crippen molar-refractivity contribution in [2.24, 2.45) is 0 Å². The highest BCUT2D eigenvalue weighted by Gasteiger charge is 2.31. The summed E-state index contributed by atoms with van der Waals surface area (Å²) in [5, 5.41) is 9.53. The van der Waals surface area contributed by atoms with Crippen molar-refractivity contribution in [3.63, 3.8) is 0 Å². The summed E-state index contributed by atoms with van der Waals surface area (Å²) in [5.74, 6) is 0. The zero-order chi connectivity index (χ0) is 36.7. The van der Waals surface area contributed by atoms with Crippen molar-refractivity contribution >= 4 is 60.8 Å². The molecule has 0 saturated heterocycles. The minimum Gasteiger partial charge on any atom is -0.309 e. The first-order chi connectivity index (χ1) is 27.8. The Hall–Kier alpha value is -7.70. The van der Waals surface area contributed by atoms with Crippen LogP contribution < -0.4 is 4.90 Å². The Kier molecular flexibility index (Phi) is 6.53. The number of hydrogen-bond acceptors (Lipinski definition) is 3. The van der Waals surface area contributed by atoms with E-state index in [0.29, 0.717) is 0 Å². The second-order valence-electron chi connectivity index (χ2n) is 14.3. The van der Waals surface area contributed by atoms with Crippen LogP contribution in [0.15, 0.2) is 194 Å². The molecule has 0 fully saturated rings. The van der Waals surface area contributed by atoms with Crippen LogP contribution in [0.3, 0.4) is 0 Å². The van der Waals surface area contributed by atoms with Gasteiger partial charge in [-0.3, -0.25) is 4.57 Å². The van der Waals surface area contributed by atoms with Crippen LogP contribution in [0.5, 0.6) is 0 Å². The van der Waals surface area contributed by atoms with E-state index in [4.69, 9.17) is 10.1 Å². The van der Waals surface area contributed by atoms with Gasteiger partial charge in [-0.15, -0.1) is 0 Å². The lowest BCUT2D eigenvalue weighted by Gasteiger charge is -2.27. The standard InChI is InChI=1S/C50H32N6/c1-3-15-33(16-4-1)53-44-26-11-8-22-39(44)47-41-24-14-30-51-50(41)55(49(47)40-23-9-12-27-45(40)53)36-20-13-19-35(31-36)54-43-25-10-7-21-37(43)38-28-29-46-42(48(38)54)32-52-56(46)34-17-5-2-6-18-34/h1-32H. The Morgan fingerprint density at radius 2 is 1.05 bits per heavy atom. The topological polar surface area (TPSA) is 43.8 Å². The lowest BCUT2D eigenvalue weighted by molar-refractivity contribution is 0.911. The summed E-state index contributed by atoms with van der Waals surface area (Å²) in [6.45, 7) is 0. The molecule has 0 bridgehead atoms. The van der Waals surface area contributed by atoms with Crippen LogP contribution in [0.1, 0.15) is 0 Å². The fourth-order valence-corrected chi connectivity index (χ4v) is 9.01. The average molecular weight is 717 g/mol. The average Bonchev–Trinajstić information content (AvgIpc) is 3.93. The maximum atomic E-state index is 5.11. The third-order valence-electron chi connectivity index (χ3n) is 11.3. The molecule has 0 amide bonds. The van der Waals surface area contributed by atoms with E-state index in [9.17, 15) is 0 Å². The summed E-state index contributed by atoms with van der Waals surface area (Å²) in [6.07, 6.45) is 3.92. The van der Waals surface area contributed by atoms with Crippen molar-refractivity contribution in [1.82, 2.24) is 23.9 Å². The fraction of sp³-hybridized carbons (Fsp3) is 0. The highest BCUT2D eigenvalue weighted by atomic mass is 15.3. The second kappa shape index (κ2) is 11.9. The Morgan fingerprint density at radius 1 is 0.411 bits per heavy atom. The van der Waals surface area contributed by atoms with E-state index in [0.717, 1.165) is 83.9 Å². The third kappa shape index (κ3) is 4.32. The second-order valence-corrected chi connectivity index (χ2v) is 14.3. The first kappa shape index (κ1) is 30.7. The monoisotopic (exact) mass is 716 g/mol. The van der Waals surface area contributed by atoms with Crippen molar-refractivity contribution < 1.29 is 0 Å². The van der Waals surface area contributed by atoms with E-state index in [-0.39, 0.29) is 0 Å². The maximum absolute atomic E-state index is 5.11. The number of hydrogen-bond donors (Lipinski definition) is 0. The molecule has 0 unspecified atom stereocenters. The summed E-state index contributed by atoms with van der Waals surface area (Å²) in [4.78, 5) is 7.51. The van der Waals surface area contributed by atoms with Crippen molar-refractivity contribution in [3.05, 3.63) is 194 Å². The van der Waals surface area contributed by atoms with Gasteiger partial charge in [0.05, 0.1) is 45.5 Å². The quantitative estimate of drug-likeness (QED) is 0.182. The smallest absolute Gasteiger partial charge is 0.145 e. The van der Waals surface area contributed by atoms with Gasteiger partial charge in [0.1, 0.15) is 5.65 Å². The van der Waals surface area contributed by atoms with E-state index in [1.807, 2.05) is 23.1 Å². The molecule has 6 nitrogen and oxygen atoms in total. The molecule has 0 atom stereocenters. The predicted molar refractivity (Wildman–Crippen MR) is 229 cm³/mol. The molecule has 56 heavy (non-hydrogen) atoms. The molecule has 11 aromatic rings. The number of anilines is 3. The zero-order valence-corrected chi connectivity index (χ0v) is 30.2. The van der Waals surface area contributed by atoms with Gasteiger partial charge in [-0.1, -0.05) is 97.1 Å². The summed E-state index contributed by atoms with van der Waals surface area (Å²) in [7, 11) is 0. The maximum Gasteiger partial charge on any atom is 0.145 e. The molecule has 0 radical (unpaired) electrons. The summed E-state index contributed by atoms with van der Waals surface area (Å²) in [6, 6.07) is 64.9. The van der Waals surface area contributed by atoms with Gasteiger partial charge in [-0.2, -0.15) is 5.10 Å². The normalized spacial score (nSPS) is 12.2. The first-order valence-corrected chi connectivity index (χ1v) is 18.9. The van der Waals surface area contributed by atoms with Gasteiger partial charge in [0.25, 0.3) is 0 Å². The van der Waals surface area contributed by atoms with Crippen molar-refractivity contribution in [1.29, 1.82) is 0 Å². The zero-order valence-electron chi connectivity index (χ0n) is 30.2. The van der Waals surface area contributed by atoms with E-state index < -0.39 is 0 Å². The first-order valence-electron chi connectivity index (χ1n) is 18.9. The fourth-order valence-electron chi connectivity index (χ4n) is 9.01. The van der Waals surface area contributed by atoms with Crippen LogP contribution in [0.4, 0.5) is 17.1 Å². The molecule has 7 aromatic carbocycles. The van der Waals surface area contributed by atoms with Crippen LogP contribution in [-0.2, 0) is 0 Å². The third-order valence-corrected chi connectivity index (χ3v) is 11.3. The van der Waals surface area contributed by atoms with E-state index in [1.165, 1.54) is 16.3 Å². The molecule has 262 valence electrons. The van der Waals surface area contributed by atoms with E-state index in [2.05, 4.69) is 190 Å². The molecule has 6 heteroatoms. The van der Waals surface area contributed by atoms with E-state index in [1.54, 1.807) is 0 Å². The van der Waals surface area contributed by atoms with Gasteiger partial charge in [-0.25, -0.2) is 9.67 Å². The van der Waals surface area contributed by atoms with E-state index >= 15 is 0 Å². The van der Waals surface area contributed by atoms with Gasteiger partial charge in [0, 0.05) is 61.5 Å². The largest absolute Gasteiger partial charge is 0.309 e. The molecule has 12 rings (SSSR count). The summed E-state index contributed by atoms with van der Waals surface area (Å²) < 4.78 is 6.81. The number of nitrogens with zero attached hydrogens (tertiary/aromatic N) is 6. The summed E-state index contributed by atoms with van der Waals surface area (Å²) in [5.41, 5.74) is 15.3. The number of fused-ring (bicyclic) bond motifs is 12. The number of benzene rings is 7. The van der Waals surface area contributed by atoms with Crippen LogP contribution in [0, 0.1) is 0 Å². The highest BCUT2D eigenvalue weighted by molar-refractivity contribution is 6.18. The van der Waals surface area contributed by atoms with Crippen LogP contribution >= 0.6 is 0 Å². The van der Waals surface area contributed by atoms with Crippen molar-refractivity contribution in [3.8, 4) is 39.4 Å². The minimum atomic E-state index is 0.918. The molecular formula is C50H32N6. The lowest BCUT2D eigenvalue weighted by atomic mass is 9.98. The van der Waals surface area contributed by atoms with Crippen LogP contribution in [0.25, 0.3) is 83.2 Å². The van der Waals surface area contributed by atoms with Crippen LogP contribution in [0.2, 0.25) is 0 Å². The predicted octanol–water partition coefficient (Wildman–Crippen LogP) is 12.6. The number of rotatable bonds is 4. The van der Waals surface area contributed by atoms with Gasteiger partial charge in [-0.05, 0) is 84.9 Å². The van der Waals surface area contributed by atoms with Crippen molar-refractivity contribution in [2.75, 3.05) is 4.90 Å². The van der Waals surface area contributed by atoms with Gasteiger partial charge in [0.15, 0.2) is 0 Å². The number of para-hydroxylation sites is 5. The van der Waals surface area contributed by atoms with Gasteiger partial charge < -0.3 is 9.47 Å². The van der Waals surface area contributed by atoms with Gasteiger partial charge in [0.2, 0.25) is 0 Å². The van der Waals surface area contributed by atoms with Crippen molar-refractivity contribution in [2.45, 2.75) is 0 Å². The molecule has 0 N–H and O–H groups in total. The van der Waals surface area contributed by atoms with Gasteiger partial charge >= 0.3 is 0 Å². The number of pyridine rings is 1. The molecule has 1 aliphatic rings. The molecule has 0 spiro atoms. The molecule has 0 aliphatic carbocycles. The molecule has 4 aromatic heterocycles. The SMILES string of the molecule is c1ccc(N2c3ccccc3-c3c(n(-c4cccc(-n5c6ccccc6c6ccc7c(cnn7-c7ccccc7)c65)c4)c4ncccc34)-c3ccccc32)cc1. The minimum absolute atomic E-state index is 0.918. The Balaban J connectivity index is 1.15. The molecular weight excluding hydrogens is 685 g/mol. The Labute approximate surface area is 322 Å². The lowest BCUT2D eigenvalue weighted by Crippen LogP contribution is -2.11. The molecule has 0 saturated carbocycles. The molecule has 1 aliphatic heterocycles. The Morgan fingerprint density at radius 3 is 1.88 bits per heavy atom. The number of aromatic nitrogens is 5. The molecule has 5 heterocycles. The van der Waals surface area contributed by atoms with Crippen LogP contribution in [-0.4, -0.2) is 23.9 Å².